The third-order valence-electron chi connectivity index (χ3n) is 6.47. The molecule has 1 atom stereocenters. The standard InChI is InChI=1S/C23H28N4O4S/c28-23(24-12-14-31-15-13-24)25-16-19-6-4-5-9-22(19)27-11-10-26(18-20(27)17-25)32(29,30)21-7-2-1-3-8-21/h1-9,20H,10-18H2. The predicted octanol–water partition coefficient (Wildman–Crippen LogP) is 1.83. The summed E-state index contributed by atoms with van der Waals surface area (Å²) in [7, 11) is -3.58. The molecule has 3 heterocycles. The lowest BCUT2D eigenvalue weighted by atomic mass is 10.1. The van der Waals surface area contributed by atoms with Gasteiger partial charge in [-0.15, -0.1) is 0 Å². The Morgan fingerprint density at radius 1 is 0.844 bits per heavy atom. The van der Waals surface area contributed by atoms with Gasteiger partial charge in [-0.25, -0.2) is 13.2 Å². The topological polar surface area (TPSA) is 73.4 Å². The molecule has 9 heteroatoms. The number of anilines is 1. The number of rotatable bonds is 2. The van der Waals surface area contributed by atoms with Crippen molar-refractivity contribution in [1.29, 1.82) is 0 Å². The number of hydrogen-bond donors (Lipinski definition) is 0. The number of amides is 2. The van der Waals surface area contributed by atoms with E-state index >= 15 is 0 Å². The SMILES string of the molecule is O=C(N1CCOCC1)N1Cc2ccccc2N2CCN(S(=O)(=O)c3ccccc3)CC2C1. The maximum Gasteiger partial charge on any atom is 0.320 e. The van der Waals surface area contributed by atoms with Gasteiger partial charge in [0.25, 0.3) is 0 Å². The Hall–Kier alpha value is -2.62. The van der Waals surface area contributed by atoms with E-state index in [9.17, 15) is 13.2 Å². The van der Waals surface area contributed by atoms with E-state index in [0.717, 1.165) is 11.3 Å². The second-order valence-corrected chi connectivity index (χ2v) is 10.4. The van der Waals surface area contributed by atoms with E-state index in [1.807, 2.05) is 28.0 Å². The van der Waals surface area contributed by atoms with Gasteiger partial charge in [-0.05, 0) is 23.8 Å². The molecule has 0 radical (unpaired) electrons. The van der Waals surface area contributed by atoms with Crippen LogP contribution in [0.2, 0.25) is 0 Å². The summed E-state index contributed by atoms with van der Waals surface area (Å²) >= 11 is 0. The maximum atomic E-state index is 13.3. The van der Waals surface area contributed by atoms with Crippen molar-refractivity contribution in [1.82, 2.24) is 14.1 Å². The van der Waals surface area contributed by atoms with Gasteiger partial charge in [-0.1, -0.05) is 36.4 Å². The summed E-state index contributed by atoms with van der Waals surface area (Å²) in [6.07, 6.45) is 0. The molecule has 2 saturated heterocycles. The molecule has 3 aliphatic heterocycles. The second kappa shape index (κ2) is 8.73. The van der Waals surface area contributed by atoms with Crippen LogP contribution in [0.25, 0.3) is 0 Å². The Labute approximate surface area is 189 Å². The first-order valence-electron chi connectivity index (χ1n) is 11.1. The van der Waals surface area contributed by atoms with Crippen molar-refractivity contribution in [2.75, 3.05) is 57.4 Å². The summed E-state index contributed by atoms with van der Waals surface area (Å²) in [4.78, 5) is 19.6. The number of fused-ring (bicyclic) bond motifs is 3. The van der Waals surface area contributed by atoms with Crippen LogP contribution in [0.4, 0.5) is 10.5 Å². The highest BCUT2D eigenvalue weighted by molar-refractivity contribution is 7.89. The number of carbonyl (C=O) groups excluding carboxylic acids is 1. The van der Waals surface area contributed by atoms with Crippen molar-refractivity contribution in [3.05, 3.63) is 60.2 Å². The third kappa shape index (κ3) is 3.96. The van der Waals surface area contributed by atoms with Gasteiger partial charge in [0.1, 0.15) is 0 Å². The minimum Gasteiger partial charge on any atom is -0.378 e. The number of carbonyl (C=O) groups is 1. The zero-order valence-electron chi connectivity index (χ0n) is 18.0. The van der Waals surface area contributed by atoms with Gasteiger partial charge in [-0.3, -0.25) is 0 Å². The lowest BCUT2D eigenvalue weighted by Gasteiger charge is -2.42. The molecule has 1 unspecified atom stereocenters. The number of piperazine rings is 1. The van der Waals surface area contributed by atoms with Crippen molar-refractivity contribution in [3.63, 3.8) is 0 Å². The molecule has 5 rings (SSSR count). The Morgan fingerprint density at radius 2 is 1.56 bits per heavy atom. The molecule has 0 N–H and O–H groups in total. The van der Waals surface area contributed by atoms with Crippen LogP contribution in [0.15, 0.2) is 59.5 Å². The Bertz CT molecular complexity index is 1070. The fraction of sp³-hybridized carbons (Fsp3) is 0.435. The molecule has 0 bridgehead atoms. The van der Waals surface area contributed by atoms with Crippen molar-refractivity contribution >= 4 is 21.7 Å². The molecule has 0 spiro atoms. The van der Waals surface area contributed by atoms with Crippen LogP contribution in [0.3, 0.4) is 0 Å². The largest absolute Gasteiger partial charge is 0.378 e. The zero-order chi connectivity index (χ0) is 22.1. The Balaban J connectivity index is 1.43. The van der Waals surface area contributed by atoms with Crippen LogP contribution in [0.5, 0.6) is 0 Å². The van der Waals surface area contributed by atoms with Gasteiger partial charge in [0.15, 0.2) is 0 Å². The first-order chi connectivity index (χ1) is 15.5. The van der Waals surface area contributed by atoms with Crippen LogP contribution in [0.1, 0.15) is 5.56 Å². The maximum absolute atomic E-state index is 13.3. The summed E-state index contributed by atoms with van der Waals surface area (Å²) in [5, 5.41) is 0. The zero-order valence-corrected chi connectivity index (χ0v) is 18.8. The molecular formula is C23H28N4O4S. The molecule has 170 valence electrons. The number of urea groups is 1. The first kappa shape index (κ1) is 21.2. The fourth-order valence-electron chi connectivity index (χ4n) is 4.81. The van der Waals surface area contributed by atoms with Gasteiger partial charge >= 0.3 is 6.03 Å². The molecule has 2 amide bonds. The van der Waals surface area contributed by atoms with E-state index < -0.39 is 10.0 Å². The van der Waals surface area contributed by atoms with Gasteiger partial charge in [0.05, 0.1) is 24.2 Å². The second-order valence-electron chi connectivity index (χ2n) is 8.41. The summed E-state index contributed by atoms with van der Waals surface area (Å²) in [6.45, 7) is 4.62. The van der Waals surface area contributed by atoms with E-state index in [-0.39, 0.29) is 12.1 Å². The molecule has 2 aromatic rings. The molecule has 32 heavy (non-hydrogen) atoms. The van der Waals surface area contributed by atoms with Gasteiger partial charge < -0.3 is 19.4 Å². The normalized spacial score (nSPS) is 22.1. The Morgan fingerprint density at radius 3 is 2.34 bits per heavy atom. The number of ether oxygens (including phenoxy) is 1. The summed E-state index contributed by atoms with van der Waals surface area (Å²) in [5.74, 6) is 0. The van der Waals surface area contributed by atoms with Crippen molar-refractivity contribution in [2.24, 2.45) is 0 Å². The number of benzene rings is 2. The average Bonchev–Trinajstić information content (AvgIpc) is 3.01. The summed E-state index contributed by atoms with van der Waals surface area (Å²) < 4.78 is 33.5. The highest BCUT2D eigenvalue weighted by Crippen LogP contribution is 2.31. The van der Waals surface area contributed by atoms with E-state index in [4.69, 9.17) is 4.74 Å². The van der Waals surface area contributed by atoms with Gasteiger partial charge in [0.2, 0.25) is 10.0 Å². The highest BCUT2D eigenvalue weighted by atomic mass is 32.2. The van der Waals surface area contributed by atoms with Crippen LogP contribution >= 0.6 is 0 Å². The molecular weight excluding hydrogens is 428 g/mol. The predicted molar refractivity (Wildman–Crippen MR) is 121 cm³/mol. The van der Waals surface area contributed by atoms with Crippen molar-refractivity contribution in [2.45, 2.75) is 17.5 Å². The molecule has 2 fully saturated rings. The lowest BCUT2D eigenvalue weighted by Crippen LogP contribution is -2.58. The Kier molecular flexibility index (Phi) is 5.79. The van der Waals surface area contributed by atoms with E-state index in [1.165, 1.54) is 0 Å². The van der Waals surface area contributed by atoms with Gasteiger partial charge in [0, 0.05) is 51.5 Å². The van der Waals surface area contributed by atoms with E-state index in [2.05, 4.69) is 17.0 Å². The molecule has 0 aromatic heterocycles. The molecule has 2 aromatic carbocycles. The van der Waals surface area contributed by atoms with E-state index in [1.54, 1.807) is 28.6 Å². The summed E-state index contributed by atoms with van der Waals surface area (Å²) in [5.41, 5.74) is 2.18. The van der Waals surface area contributed by atoms with Crippen LogP contribution in [-0.2, 0) is 21.3 Å². The minimum absolute atomic E-state index is 0.00649. The fourth-order valence-corrected chi connectivity index (χ4v) is 6.30. The number of morpholine rings is 1. The quantitative estimate of drug-likeness (QED) is 0.690. The number of sulfonamides is 1. The molecule has 0 saturated carbocycles. The van der Waals surface area contributed by atoms with Crippen LogP contribution in [0, 0.1) is 0 Å². The smallest absolute Gasteiger partial charge is 0.320 e. The van der Waals surface area contributed by atoms with Crippen molar-refractivity contribution in [3.8, 4) is 0 Å². The molecule has 3 aliphatic rings. The molecule has 8 nitrogen and oxygen atoms in total. The third-order valence-corrected chi connectivity index (χ3v) is 8.35. The molecule has 0 aliphatic carbocycles. The van der Waals surface area contributed by atoms with Crippen LogP contribution < -0.4 is 4.90 Å². The summed E-state index contributed by atoms with van der Waals surface area (Å²) in [6, 6.07) is 16.6. The average molecular weight is 457 g/mol. The van der Waals surface area contributed by atoms with Crippen LogP contribution in [-0.4, -0.2) is 87.1 Å². The number of hydrogen-bond acceptors (Lipinski definition) is 5. The van der Waals surface area contributed by atoms with Gasteiger partial charge in [-0.2, -0.15) is 4.31 Å². The number of nitrogens with zero attached hydrogens (tertiary/aromatic N) is 4. The first-order valence-corrected chi connectivity index (χ1v) is 12.5. The lowest BCUT2D eigenvalue weighted by molar-refractivity contribution is 0.0420. The monoisotopic (exact) mass is 456 g/mol. The minimum atomic E-state index is -3.58. The van der Waals surface area contributed by atoms with Crippen molar-refractivity contribution < 1.29 is 17.9 Å². The van der Waals surface area contributed by atoms with E-state index in [0.29, 0.717) is 63.9 Å². The number of para-hydroxylation sites is 1. The highest BCUT2D eigenvalue weighted by Gasteiger charge is 2.39.